The number of nitrogens with zero attached hydrogens (tertiary/aromatic N) is 1. The maximum Gasteiger partial charge on any atom is 0.250 e. The lowest BCUT2D eigenvalue weighted by Crippen LogP contribution is -2.55. The van der Waals surface area contributed by atoms with Gasteiger partial charge in [0.05, 0.1) is 5.69 Å². The van der Waals surface area contributed by atoms with E-state index in [1.54, 1.807) is 6.92 Å². The Morgan fingerprint density at radius 1 is 1.36 bits per heavy atom. The lowest BCUT2D eigenvalue weighted by molar-refractivity contribution is -0.130. The molecule has 2 aliphatic rings. The molecular formula is C16H21N3O2S. The molecule has 0 aromatic heterocycles. The first kappa shape index (κ1) is 15.4. The molecule has 2 heterocycles. The molecule has 1 saturated heterocycles. The van der Waals surface area contributed by atoms with E-state index in [1.165, 1.54) is 11.8 Å². The average Bonchev–Trinajstić information content (AvgIpc) is 2.50. The maximum absolute atomic E-state index is 12.7. The molecule has 6 heteroatoms. The molecule has 0 radical (unpaired) electrons. The molecule has 0 saturated carbocycles. The molecule has 1 aromatic rings. The smallest absolute Gasteiger partial charge is 0.250 e. The van der Waals surface area contributed by atoms with Crippen molar-refractivity contribution in [3.8, 4) is 0 Å². The molecule has 2 N–H and O–H groups in total. The SMILES string of the molecule is CN1CCC(NC(=O)C2(C)Sc3ccccc3NC2=O)CC1. The lowest BCUT2D eigenvalue weighted by Gasteiger charge is -2.35. The zero-order chi connectivity index (χ0) is 15.7. The second-order valence-electron chi connectivity index (χ2n) is 6.14. The topological polar surface area (TPSA) is 61.4 Å². The fraction of sp³-hybridized carbons (Fsp3) is 0.500. The van der Waals surface area contributed by atoms with E-state index >= 15 is 0 Å². The molecule has 1 unspecified atom stereocenters. The summed E-state index contributed by atoms with van der Waals surface area (Å²) in [6.07, 6.45) is 1.86. The minimum Gasteiger partial charge on any atom is -0.352 e. The van der Waals surface area contributed by atoms with Crippen LogP contribution >= 0.6 is 11.8 Å². The number of fused-ring (bicyclic) bond motifs is 1. The van der Waals surface area contributed by atoms with Gasteiger partial charge in [-0.2, -0.15) is 0 Å². The molecular weight excluding hydrogens is 298 g/mol. The zero-order valence-corrected chi connectivity index (χ0v) is 13.7. The number of hydrogen-bond acceptors (Lipinski definition) is 4. The number of amides is 2. The van der Waals surface area contributed by atoms with Gasteiger partial charge >= 0.3 is 0 Å². The number of thioether (sulfide) groups is 1. The number of likely N-dealkylation sites (tertiary alicyclic amines) is 1. The summed E-state index contributed by atoms with van der Waals surface area (Å²) >= 11 is 1.33. The molecule has 1 atom stereocenters. The summed E-state index contributed by atoms with van der Waals surface area (Å²) in [6.45, 7) is 3.65. The summed E-state index contributed by atoms with van der Waals surface area (Å²) in [6, 6.07) is 7.74. The van der Waals surface area contributed by atoms with Crippen LogP contribution in [0.15, 0.2) is 29.2 Å². The van der Waals surface area contributed by atoms with Crippen LogP contribution in [-0.2, 0) is 9.59 Å². The molecule has 2 amide bonds. The molecule has 5 nitrogen and oxygen atoms in total. The standard InChI is InChI=1S/C16H21N3O2S/c1-16(14(20)17-11-7-9-19(2)10-8-11)15(21)18-12-5-3-4-6-13(12)22-16/h3-6,11H,7-10H2,1-2H3,(H,17,20)(H,18,21). The van der Waals surface area contributed by atoms with Gasteiger partial charge in [0.25, 0.3) is 0 Å². The maximum atomic E-state index is 12.7. The molecule has 0 spiro atoms. The summed E-state index contributed by atoms with van der Waals surface area (Å²) in [4.78, 5) is 28.3. The van der Waals surface area contributed by atoms with Crippen LogP contribution in [0.4, 0.5) is 5.69 Å². The Morgan fingerprint density at radius 3 is 2.77 bits per heavy atom. The van der Waals surface area contributed by atoms with Crippen LogP contribution in [-0.4, -0.2) is 47.6 Å². The van der Waals surface area contributed by atoms with Crippen LogP contribution in [0.1, 0.15) is 19.8 Å². The molecule has 22 heavy (non-hydrogen) atoms. The number of anilines is 1. The fourth-order valence-electron chi connectivity index (χ4n) is 2.79. The van der Waals surface area contributed by atoms with E-state index in [-0.39, 0.29) is 17.9 Å². The van der Waals surface area contributed by atoms with Gasteiger partial charge in [0.2, 0.25) is 11.8 Å². The summed E-state index contributed by atoms with van der Waals surface area (Å²) in [7, 11) is 2.08. The highest BCUT2D eigenvalue weighted by Gasteiger charge is 2.46. The molecule has 118 valence electrons. The van der Waals surface area contributed by atoms with Crippen molar-refractivity contribution in [1.82, 2.24) is 10.2 Å². The monoisotopic (exact) mass is 319 g/mol. The third kappa shape index (κ3) is 2.85. The normalized spacial score (nSPS) is 26.2. The number of para-hydroxylation sites is 1. The van der Waals surface area contributed by atoms with Gasteiger partial charge in [0.15, 0.2) is 4.75 Å². The van der Waals surface area contributed by atoms with E-state index < -0.39 is 4.75 Å². The first-order chi connectivity index (χ1) is 10.5. The van der Waals surface area contributed by atoms with Gasteiger partial charge in [-0.1, -0.05) is 23.9 Å². The van der Waals surface area contributed by atoms with E-state index in [4.69, 9.17) is 0 Å². The summed E-state index contributed by atoms with van der Waals surface area (Å²) in [5, 5.41) is 5.91. The summed E-state index contributed by atoms with van der Waals surface area (Å²) < 4.78 is -1.11. The van der Waals surface area contributed by atoms with Gasteiger partial charge in [-0.15, -0.1) is 0 Å². The first-order valence-corrected chi connectivity index (χ1v) is 8.40. The number of carbonyl (C=O) groups excluding carboxylic acids is 2. The van der Waals surface area contributed by atoms with Crippen molar-refractivity contribution in [2.24, 2.45) is 0 Å². The van der Waals surface area contributed by atoms with Crippen molar-refractivity contribution in [2.75, 3.05) is 25.5 Å². The van der Waals surface area contributed by atoms with Crippen LogP contribution in [0, 0.1) is 0 Å². The Bertz CT molecular complexity index is 599. The van der Waals surface area contributed by atoms with Crippen LogP contribution < -0.4 is 10.6 Å². The van der Waals surface area contributed by atoms with Crippen LogP contribution in [0.3, 0.4) is 0 Å². The summed E-state index contributed by atoms with van der Waals surface area (Å²) in [5.74, 6) is -0.444. The number of piperidine rings is 1. The van der Waals surface area contributed by atoms with E-state index in [9.17, 15) is 9.59 Å². The molecule has 0 aliphatic carbocycles. The van der Waals surface area contributed by atoms with E-state index in [2.05, 4.69) is 22.6 Å². The molecule has 2 aliphatic heterocycles. The Balaban J connectivity index is 1.72. The minimum absolute atomic E-state index is 0.158. The quantitative estimate of drug-likeness (QED) is 0.815. The second kappa shape index (κ2) is 5.93. The van der Waals surface area contributed by atoms with Gasteiger partial charge in [-0.05, 0) is 52.0 Å². The molecule has 3 rings (SSSR count). The van der Waals surface area contributed by atoms with Crippen LogP contribution in [0.2, 0.25) is 0 Å². The van der Waals surface area contributed by atoms with Gasteiger partial charge in [0.1, 0.15) is 0 Å². The van der Waals surface area contributed by atoms with Crippen molar-refractivity contribution in [3.05, 3.63) is 24.3 Å². The third-order valence-electron chi connectivity index (χ3n) is 4.37. The van der Waals surface area contributed by atoms with E-state index in [0.717, 1.165) is 36.5 Å². The summed E-state index contributed by atoms with van der Waals surface area (Å²) in [5.41, 5.74) is 0.780. The number of carbonyl (C=O) groups is 2. The highest BCUT2D eigenvalue weighted by Crippen LogP contribution is 2.42. The molecule has 0 bridgehead atoms. The Kier molecular flexibility index (Phi) is 4.14. The highest BCUT2D eigenvalue weighted by atomic mass is 32.2. The van der Waals surface area contributed by atoms with E-state index in [1.807, 2.05) is 24.3 Å². The fourth-order valence-corrected chi connectivity index (χ4v) is 3.90. The van der Waals surface area contributed by atoms with Gasteiger partial charge in [-0.25, -0.2) is 0 Å². The average molecular weight is 319 g/mol. The van der Waals surface area contributed by atoms with Gasteiger partial charge in [-0.3, -0.25) is 9.59 Å². The third-order valence-corrected chi connectivity index (χ3v) is 5.72. The van der Waals surface area contributed by atoms with Crippen molar-refractivity contribution in [1.29, 1.82) is 0 Å². The van der Waals surface area contributed by atoms with E-state index in [0.29, 0.717) is 0 Å². The zero-order valence-electron chi connectivity index (χ0n) is 12.9. The van der Waals surface area contributed by atoms with Crippen molar-refractivity contribution in [3.63, 3.8) is 0 Å². The van der Waals surface area contributed by atoms with Crippen molar-refractivity contribution >= 4 is 29.3 Å². The van der Waals surface area contributed by atoms with Gasteiger partial charge in [0, 0.05) is 10.9 Å². The predicted octanol–water partition coefficient (Wildman–Crippen LogP) is 1.70. The Labute approximate surface area is 134 Å². The van der Waals surface area contributed by atoms with Crippen molar-refractivity contribution < 1.29 is 9.59 Å². The minimum atomic E-state index is -1.11. The first-order valence-electron chi connectivity index (χ1n) is 7.58. The largest absolute Gasteiger partial charge is 0.352 e. The Hall–Kier alpha value is -1.53. The highest BCUT2D eigenvalue weighted by molar-refractivity contribution is 8.02. The number of rotatable bonds is 2. The van der Waals surface area contributed by atoms with Crippen LogP contribution in [0.25, 0.3) is 0 Å². The number of nitrogens with one attached hydrogen (secondary N) is 2. The second-order valence-corrected chi connectivity index (χ2v) is 7.60. The van der Waals surface area contributed by atoms with Crippen LogP contribution in [0.5, 0.6) is 0 Å². The number of hydrogen-bond donors (Lipinski definition) is 2. The lowest BCUT2D eigenvalue weighted by atomic mass is 10.0. The van der Waals surface area contributed by atoms with Crippen molar-refractivity contribution in [2.45, 2.75) is 35.4 Å². The number of benzene rings is 1. The predicted molar refractivity (Wildman–Crippen MR) is 88.0 cm³/mol. The van der Waals surface area contributed by atoms with Gasteiger partial charge < -0.3 is 15.5 Å². The molecule has 1 aromatic carbocycles. The molecule has 1 fully saturated rings. The Morgan fingerprint density at radius 2 is 2.05 bits per heavy atom.